The number of nitrogens with one attached hydrogen (secondary N) is 1. The first-order chi connectivity index (χ1) is 7.13. The SMILES string of the molecule is CCOC(=O)C(C)(NCC(F)(F)F)C(C)C. The monoisotopic (exact) mass is 241 g/mol. The molecule has 0 radical (unpaired) electrons. The van der Waals surface area contributed by atoms with Gasteiger partial charge in [-0.05, 0) is 19.8 Å². The fraction of sp³-hybridized carbons (Fsp3) is 0.900. The van der Waals surface area contributed by atoms with Crippen molar-refractivity contribution in [2.24, 2.45) is 5.92 Å². The average Bonchev–Trinajstić information content (AvgIpc) is 2.13. The Hall–Kier alpha value is -0.780. The van der Waals surface area contributed by atoms with Crippen molar-refractivity contribution >= 4 is 5.97 Å². The molecular weight excluding hydrogens is 223 g/mol. The molecule has 0 heterocycles. The predicted molar refractivity (Wildman–Crippen MR) is 53.9 cm³/mol. The van der Waals surface area contributed by atoms with Crippen LogP contribution in [0.4, 0.5) is 13.2 Å². The van der Waals surface area contributed by atoms with Crippen LogP contribution >= 0.6 is 0 Å². The first-order valence-corrected chi connectivity index (χ1v) is 5.12. The molecule has 0 aromatic heterocycles. The highest BCUT2D eigenvalue weighted by atomic mass is 19.4. The lowest BCUT2D eigenvalue weighted by molar-refractivity contribution is -0.157. The Morgan fingerprint density at radius 1 is 1.38 bits per heavy atom. The fourth-order valence-electron chi connectivity index (χ4n) is 1.08. The maximum Gasteiger partial charge on any atom is 0.401 e. The predicted octanol–water partition coefficient (Wildman–Crippen LogP) is 2.12. The van der Waals surface area contributed by atoms with E-state index < -0.39 is 24.2 Å². The van der Waals surface area contributed by atoms with E-state index in [9.17, 15) is 18.0 Å². The van der Waals surface area contributed by atoms with E-state index in [-0.39, 0.29) is 12.5 Å². The van der Waals surface area contributed by atoms with Gasteiger partial charge in [0.15, 0.2) is 0 Å². The maximum atomic E-state index is 12.1. The quantitative estimate of drug-likeness (QED) is 0.749. The van der Waals surface area contributed by atoms with Crippen LogP contribution in [0.2, 0.25) is 0 Å². The Morgan fingerprint density at radius 3 is 2.19 bits per heavy atom. The van der Waals surface area contributed by atoms with Crippen molar-refractivity contribution < 1.29 is 22.7 Å². The van der Waals surface area contributed by atoms with Gasteiger partial charge in [-0.1, -0.05) is 13.8 Å². The van der Waals surface area contributed by atoms with Gasteiger partial charge in [0.05, 0.1) is 13.2 Å². The Labute approximate surface area is 93.3 Å². The van der Waals surface area contributed by atoms with Gasteiger partial charge in [-0.2, -0.15) is 13.2 Å². The van der Waals surface area contributed by atoms with Gasteiger partial charge in [-0.15, -0.1) is 0 Å². The number of ether oxygens (including phenoxy) is 1. The second-order valence-corrected chi connectivity index (χ2v) is 4.05. The van der Waals surface area contributed by atoms with Gasteiger partial charge in [0.2, 0.25) is 0 Å². The number of alkyl halides is 3. The summed E-state index contributed by atoms with van der Waals surface area (Å²) in [7, 11) is 0. The normalized spacial score (nSPS) is 16.0. The summed E-state index contributed by atoms with van der Waals surface area (Å²) in [6.45, 7) is 5.31. The minimum absolute atomic E-state index is 0.148. The molecule has 0 aromatic carbocycles. The van der Waals surface area contributed by atoms with E-state index in [1.54, 1.807) is 20.8 Å². The highest BCUT2D eigenvalue weighted by molar-refractivity contribution is 5.80. The smallest absolute Gasteiger partial charge is 0.401 e. The molecule has 0 aliphatic rings. The fourth-order valence-corrected chi connectivity index (χ4v) is 1.08. The zero-order valence-electron chi connectivity index (χ0n) is 9.94. The van der Waals surface area contributed by atoms with E-state index in [4.69, 9.17) is 4.74 Å². The Kier molecular flexibility index (Phi) is 5.25. The molecule has 0 rings (SSSR count). The lowest BCUT2D eigenvalue weighted by Crippen LogP contribution is -2.56. The summed E-state index contributed by atoms with van der Waals surface area (Å²) in [6.07, 6.45) is -4.34. The van der Waals surface area contributed by atoms with Gasteiger partial charge >= 0.3 is 12.1 Å². The molecule has 1 unspecified atom stereocenters. The third kappa shape index (κ3) is 4.38. The number of carbonyl (C=O) groups excluding carboxylic acids is 1. The maximum absolute atomic E-state index is 12.1. The van der Waals surface area contributed by atoms with Crippen molar-refractivity contribution in [1.82, 2.24) is 5.32 Å². The molecule has 1 N–H and O–H groups in total. The number of hydrogen-bond acceptors (Lipinski definition) is 3. The van der Waals surface area contributed by atoms with Crippen LogP contribution in [0.5, 0.6) is 0 Å². The Balaban J connectivity index is 4.64. The van der Waals surface area contributed by atoms with Crippen LogP contribution in [-0.2, 0) is 9.53 Å². The summed E-state index contributed by atoms with van der Waals surface area (Å²) in [4.78, 5) is 11.6. The number of hydrogen-bond donors (Lipinski definition) is 1. The van der Waals surface area contributed by atoms with Gasteiger partial charge < -0.3 is 4.74 Å². The molecule has 0 saturated heterocycles. The summed E-state index contributed by atoms with van der Waals surface area (Å²) in [5.41, 5.74) is -1.31. The van der Waals surface area contributed by atoms with Crippen molar-refractivity contribution in [2.45, 2.75) is 39.4 Å². The van der Waals surface area contributed by atoms with Gasteiger partial charge in [-0.3, -0.25) is 10.1 Å². The summed E-state index contributed by atoms with van der Waals surface area (Å²) >= 11 is 0. The summed E-state index contributed by atoms with van der Waals surface area (Å²) in [6, 6.07) is 0. The zero-order chi connectivity index (χ0) is 13.0. The average molecular weight is 241 g/mol. The van der Waals surface area contributed by atoms with Crippen LogP contribution in [0, 0.1) is 5.92 Å². The number of halogens is 3. The summed E-state index contributed by atoms with van der Waals surface area (Å²) < 4.78 is 41.0. The Morgan fingerprint density at radius 2 is 1.88 bits per heavy atom. The second kappa shape index (κ2) is 5.52. The van der Waals surface area contributed by atoms with E-state index in [0.29, 0.717) is 0 Å². The largest absolute Gasteiger partial charge is 0.465 e. The van der Waals surface area contributed by atoms with Crippen LogP contribution in [0.25, 0.3) is 0 Å². The Bertz CT molecular complexity index is 241. The molecule has 0 aliphatic heterocycles. The minimum Gasteiger partial charge on any atom is -0.465 e. The van der Waals surface area contributed by atoms with E-state index in [1.807, 2.05) is 0 Å². The number of carbonyl (C=O) groups is 1. The molecular formula is C10H18F3NO2. The summed E-state index contributed by atoms with van der Waals surface area (Å²) in [5.74, 6) is -0.955. The van der Waals surface area contributed by atoms with E-state index in [2.05, 4.69) is 5.32 Å². The van der Waals surface area contributed by atoms with Crippen LogP contribution in [0.3, 0.4) is 0 Å². The molecule has 0 amide bonds. The number of esters is 1. The van der Waals surface area contributed by atoms with Crippen LogP contribution in [0.15, 0.2) is 0 Å². The van der Waals surface area contributed by atoms with E-state index in [0.717, 1.165) is 0 Å². The van der Waals surface area contributed by atoms with Crippen molar-refractivity contribution in [3.63, 3.8) is 0 Å². The molecule has 1 atom stereocenters. The zero-order valence-corrected chi connectivity index (χ0v) is 9.94. The van der Waals surface area contributed by atoms with E-state index >= 15 is 0 Å². The van der Waals surface area contributed by atoms with Gasteiger partial charge in [0.25, 0.3) is 0 Å². The van der Waals surface area contributed by atoms with Crippen LogP contribution in [-0.4, -0.2) is 30.8 Å². The highest BCUT2D eigenvalue weighted by Crippen LogP contribution is 2.21. The topological polar surface area (TPSA) is 38.3 Å². The second-order valence-electron chi connectivity index (χ2n) is 4.05. The van der Waals surface area contributed by atoms with Crippen LogP contribution in [0.1, 0.15) is 27.7 Å². The molecule has 0 aromatic rings. The first-order valence-electron chi connectivity index (χ1n) is 5.12. The van der Waals surface area contributed by atoms with Gasteiger partial charge in [-0.25, -0.2) is 0 Å². The molecule has 6 heteroatoms. The summed E-state index contributed by atoms with van der Waals surface area (Å²) in [5, 5.41) is 2.22. The molecule has 0 spiro atoms. The minimum atomic E-state index is -4.34. The van der Waals surface area contributed by atoms with E-state index in [1.165, 1.54) is 6.92 Å². The third-order valence-corrected chi connectivity index (χ3v) is 2.51. The third-order valence-electron chi connectivity index (χ3n) is 2.51. The molecule has 0 bridgehead atoms. The molecule has 96 valence electrons. The molecule has 0 aliphatic carbocycles. The molecule has 16 heavy (non-hydrogen) atoms. The van der Waals surface area contributed by atoms with Gasteiger partial charge in [0.1, 0.15) is 5.54 Å². The van der Waals surface area contributed by atoms with Crippen molar-refractivity contribution in [1.29, 1.82) is 0 Å². The molecule has 3 nitrogen and oxygen atoms in total. The highest BCUT2D eigenvalue weighted by Gasteiger charge is 2.41. The lowest BCUT2D eigenvalue weighted by Gasteiger charge is -2.32. The lowest BCUT2D eigenvalue weighted by atomic mass is 9.88. The van der Waals surface area contributed by atoms with Crippen molar-refractivity contribution in [3.8, 4) is 0 Å². The standard InChI is InChI=1S/C10H18F3NO2/c1-5-16-8(15)9(4,7(2)3)14-6-10(11,12)13/h7,14H,5-6H2,1-4H3. The number of rotatable bonds is 5. The molecule has 0 saturated carbocycles. The van der Waals surface area contributed by atoms with Crippen molar-refractivity contribution in [3.05, 3.63) is 0 Å². The first kappa shape index (κ1) is 15.2. The van der Waals surface area contributed by atoms with Crippen LogP contribution < -0.4 is 5.32 Å². The molecule has 0 fully saturated rings. The van der Waals surface area contributed by atoms with Crippen molar-refractivity contribution in [2.75, 3.05) is 13.2 Å². The van der Waals surface area contributed by atoms with Gasteiger partial charge in [0, 0.05) is 0 Å².